The van der Waals surface area contributed by atoms with E-state index in [0.29, 0.717) is 0 Å². The minimum atomic E-state index is -0.464. The summed E-state index contributed by atoms with van der Waals surface area (Å²) in [5, 5.41) is 0. The molecule has 0 N–H and O–H groups in total. The number of benzene rings is 8. The van der Waals surface area contributed by atoms with Crippen molar-refractivity contribution in [1.29, 1.82) is 0 Å². The Bertz CT molecular complexity index is 3120. The molecule has 1 nitrogen and oxygen atoms in total. The van der Waals surface area contributed by atoms with E-state index in [-0.39, 0.29) is 10.8 Å². The molecule has 1 spiro atoms. The van der Waals surface area contributed by atoms with Gasteiger partial charge in [0.25, 0.3) is 0 Å². The lowest BCUT2D eigenvalue weighted by Crippen LogP contribution is -2.27. The van der Waals surface area contributed by atoms with Crippen LogP contribution in [0.25, 0.3) is 44.5 Å². The maximum Gasteiger partial charge on any atom is 0.0726 e. The van der Waals surface area contributed by atoms with Crippen LogP contribution in [0.3, 0.4) is 0 Å². The minimum Gasteiger partial charge on any atom is -0.310 e. The molecule has 0 aliphatic heterocycles. The Morgan fingerprint density at radius 3 is 1.47 bits per heavy atom. The third-order valence-electron chi connectivity index (χ3n) is 15.0. The van der Waals surface area contributed by atoms with Gasteiger partial charge in [0, 0.05) is 23.8 Å². The van der Waals surface area contributed by atoms with E-state index in [4.69, 9.17) is 1.37 Å². The number of hydrogen-bond acceptors (Lipinski definition) is 1. The van der Waals surface area contributed by atoms with Crippen LogP contribution in [0.2, 0.25) is 0 Å². The summed E-state index contributed by atoms with van der Waals surface area (Å²) in [7, 11) is 0. The number of nitrogens with zero attached hydrogens (tertiary/aromatic N) is 1. The molecule has 4 aliphatic carbocycles. The van der Waals surface area contributed by atoms with E-state index in [1.165, 1.54) is 83.5 Å². The third kappa shape index (κ3) is 5.33. The fourth-order valence-corrected chi connectivity index (χ4v) is 11.8. The molecule has 12 rings (SSSR count). The van der Waals surface area contributed by atoms with Crippen molar-refractivity contribution in [1.82, 2.24) is 0 Å². The molecule has 0 heterocycles. The molecule has 8 aromatic rings. The Morgan fingerprint density at radius 2 is 0.887 bits per heavy atom. The zero-order valence-corrected chi connectivity index (χ0v) is 36.5. The molecule has 0 amide bonds. The Kier molecular flexibility index (Phi) is 7.91. The van der Waals surface area contributed by atoms with Crippen molar-refractivity contribution < 1.29 is 1.37 Å². The summed E-state index contributed by atoms with van der Waals surface area (Å²) in [5.74, 6) is -0.442. The van der Waals surface area contributed by atoms with Gasteiger partial charge in [-0.3, -0.25) is 0 Å². The van der Waals surface area contributed by atoms with Crippen LogP contribution in [-0.4, -0.2) is 0 Å². The summed E-state index contributed by atoms with van der Waals surface area (Å²) in [6.07, 6.45) is 4.20. The SMILES string of the molecule is [2H]C1(c2ccc(-c3ccc(N(c4ccc5c(c4)C(C)(C)c4ccccc4-5)c4ccc5c(c4)C4(c6ccccc6-5)c5ccccc5-c5ccc(C(C)(C)C)cc54)cc3)cc2)CCCC1. The van der Waals surface area contributed by atoms with Crippen LogP contribution in [0.15, 0.2) is 176 Å². The normalized spacial score (nSPS) is 18.4. The first-order valence-corrected chi connectivity index (χ1v) is 22.7. The fourth-order valence-electron chi connectivity index (χ4n) is 11.8. The van der Waals surface area contributed by atoms with Crippen molar-refractivity contribution in [3.63, 3.8) is 0 Å². The molecule has 8 aromatic carbocycles. The summed E-state index contributed by atoms with van der Waals surface area (Å²) in [4.78, 5) is 2.49. The van der Waals surface area contributed by atoms with Gasteiger partial charge in [-0.2, -0.15) is 0 Å². The lowest BCUT2D eigenvalue weighted by molar-refractivity contribution is 0.588. The highest BCUT2D eigenvalue weighted by molar-refractivity contribution is 5.97. The van der Waals surface area contributed by atoms with E-state index in [9.17, 15) is 0 Å². The lowest BCUT2D eigenvalue weighted by atomic mass is 9.69. The maximum absolute atomic E-state index is 9.08. The predicted octanol–water partition coefficient (Wildman–Crippen LogP) is 16.4. The number of fused-ring (bicyclic) bond motifs is 13. The highest BCUT2D eigenvalue weighted by Crippen LogP contribution is 2.64. The average molecular weight is 801 g/mol. The van der Waals surface area contributed by atoms with Crippen molar-refractivity contribution in [3.05, 3.63) is 220 Å². The van der Waals surface area contributed by atoms with Gasteiger partial charge in [-0.05, 0) is 150 Å². The first-order valence-electron chi connectivity index (χ1n) is 23.2. The van der Waals surface area contributed by atoms with E-state index in [0.717, 1.165) is 48.3 Å². The average Bonchev–Trinajstić information content (AvgIpc) is 4.03. The molecule has 302 valence electrons. The molecule has 0 radical (unpaired) electrons. The Morgan fingerprint density at radius 1 is 0.452 bits per heavy atom. The standard InChI is InChI=1S/C61H53N/c1-59(2,3)43-28-33-51-48-17-9-12-20-54(48)61(57(51)36-43)55-21-13-10-18-49(55)52-35-32-46(38-58(52)61)62(45-31-34-50-47-16-8-11-19-53(47)60(4,5)56(50)37-45)44-29-26-42(27-30-44)41-24-22-40(23-25-41)39-14-6-7-15-39/h8-13,16-39H,6-7,14-15H2,1-5H3/i39D. The van der Waals surface area contributed by atoms with E-state index in [1.807, 2.05) is 0 Å². The van der Waals surface area contributed by atoms with Gasteiger partial charge in [0.2, 0.25) is 0 Å². The molecule has 0 saturated heterocycles. The topological polar surface area (TPSA) is 3.24 Å². The molecule has 4 aliphatic rings. The van der Waals surface area contributed by atoms with Crippen molar-refractivity contribution in [2.75, 3.05) is 4.90 Å². The number of anilines is 3. The summed E-state index contributed by atoms with van der Waals surface area (Å²) in [6, 6.07) is 66.8. The van der Waals surface area contributed by atoms with Gasteiger partial charge < -0.3 is 4.90 Å². The second kappa shape index (κ2) is 13.5. The van der Waals surface area contributed by atoms with E-state index >= 15 is 0 Å². The van der Waals surface area contributed by atoms with Crippen LogP contribution >= 0.6 is 0 Å². The van der Waals surface area contributed by atoms with Gasteiger partial charge in [-0.1, -0.05) is 187 Å². The Labute approximate surface area is 369 Å². The molecule has 0 aromatic heterocycles. The molecular weight excluding hydrogens is 747 g/mol. The quantitative estimate of drug-likeness (QED) is 0.168. The zero-order valence-electron chi connectivity index (χ0n) is 37.5. The summed E-state index contributed by atoms with van der Waals surface area (Å²) >= 11 is 0. The third-order valence-corrected chi connectivity index (χ3v) is 15.0. The van der Waals surface area contributed by atoms with E-state index in [2.05, 4.69) is 215 Å². The summed E-state index contributed by atoms with van der Waals surface area (Å²) < 4.78 is 9.08. The second-order valence-corrected chi connectivity index (χ2v) is 19.8. The van der Waals surface area contributed by atoms with Crippen LogP contribution in [0.5, 0.6) is 0 Å². The minimum absolute atomic E-state index is 0.000450. The highest BCUT2D eigenvalue weighted by Gasteiger charge is 2.52. The van der Waals surface area contributed by atoms with Gasteiger partial charge in [0.15, 0.2) is 0 Å². The largest absolute Gasteiger partial charge is 0.310 e. The molecule has 1 heteroatoms. The molecule has 1 unspecified atom stereocenters. The summed E-state index contributed by atoms with van der Waals surface area (Å²) in [5.41, 5.74) is 23.8. The van der Waals surface area contributed by atoms with Crippen molar-refractivity contribution in [2.24, 2.45) is 0 Å². The number of rotatable bonds is 5. The van der Waals surface area contributed by atoms with Gasteiger partial charge in [-0.25, -0.2) is 0 Å². The number of hydrogen-bond donors (Lipinski definition) is 0. The molecule has 1 atom stereocenters. The second-order valence-electron chi connectivity index (χ2n) is 19.8. The van der Waals surface area contributed by atoms with Gasteiger partial charge >= 0.3 is 0 Å². The summed E-state index contributed by atoms with van der Waals surface area (Å²) in [6.45, 7) is 11.7. The first-order chi connectivity index (χ1) is 30.5. The van der Waals surface area contributed by atoms with Crippen molar-refractivity contribution >= 4 is 17.1 Å². The fraction of sp³-hybridized carbons (Fsp3) is 0.213. The van der Waals surface area contributed by atoms with Crippen molar-refractivity contribution in [3.8, 4) is 44.5 Å². The highest BCUT2D eigenvalue weighted by atomic mass is 15.1. The molecular formula is C61H53N. The van der Waals surface area contributed by atoms with Crippen LogP contribution in [0.1, 0.15) is 112 Å². The van der Waals surface area contributed by atoms with Crippen LogP contribution < -0.4 is 4.90 Å². The van der Waals surface area contributed by atoms with Crippen molar-refractivity contribution in [2.45, 2.75) is 82.4 Å². The molecule has 1 fully saturated rings. The molecule has 62 heavy (non-hydrogen) atoms. The van der Waals surface area contributed by atoms with Gasteiger partial charge in [-0.15, -0.1) is 0 Å². The zero-order chi connectivity index (χ0) is 42.9. The smallest absolute Gasteiger partial charge is 0.0726 e. The Balaban J connectivity index is 1.05. The predicted molar refractivity (Wildman–Crippen MR) is 260 cm³/mol. The molecule has 1 saturated carbocycles. The van der Waals surface area contributed by atoms with Crippen LogP contribution in [-0.2, 0) is 16.2 Å². The van der Waals surface area contributed by atoms with Crippen LogP contribution in [0, 0.1) is 0 Å². The van der Waals surface area contributed by atoms with Crippen LogP contribution in [0.4, 0.5) is 17.1 Å². The molecule has 0 bridgehead atoms. The van der Waals surface area contributed by atoms with E-state index < -0.39 is 11.3 Å². The van der Waals surface area contributed by atoms with E-state index in [1.54, 1.807) is 0 Å². The van der Waals surface area contributed by atoms with Gasteiger partial charge in [0.05, 0.1) is 5.41 Å². The Hall–Kier alpha value is -6.44. The monoisotopic (exact) mass is 800 g/mol. The van der Waals surface area contributed by atoms with Gasteiger partial charge in [0.1, 0.15) is 0 Å². The maximum atomic E-state index is 9.08. The first kappa shape index (κ1) is 36.2. The lowest BCUT2D eigenvalue weighted by Gasteiger charge is -2.33.